The molecule has 7 heteroatoms. The summed E-state index contributed by atoms with van der Waals surface area (Å²) in [7, 11) is 0. The summed E-state index contributed by atoms with van der Waals surface area (Å²) in [6, 6.07) is 0. The van der Waals surface area contributed by atoms with Gasteiger partial charge in [-0.1, -0.05) is 0 Å². The molecule has 0 aliphatic heterocycles. The smallest absolute Gasteiger partial charge is 0.356 e. The minimum atomic E-state index is -1.17. The number of carbonyl (C=O) groups is 2. The van der Waals surface area contributed by atoms with Crippen LogP contribution in [0, 0.1) is 6.92 Å². The maximum atomic E-state index is 12.2. The summed E-state index contributed by atoms with van der Waals surface area (Å²) < 4.78 is 0. The zero-order chi connectivity index (χ0) is 15.7. The van der Waals surface area contributed by atoms with Crippen LogP contribution in [0.4, 0.5) is 5.00 Å². The first kappa shape index (κ1) is 14.6. The first-order valence-electron chi connectivity index (χ1n) is 7.04. The van der Waals surface area contributed by atoms with Gasteiger partial charge in [-0.3, -0.25) is 4.79 Å². The molecule has 0 saturated heterocycles. The number of aromatic carboxylic acids is 1. The van der Waals surface area contributed by atoms with Crippen LogP contribution in [0.15, 0.2) is 12.4 Å². The van der Waals surface area contributed by atoms with Gasteiger partial charge in [0, 0.05) is 4.88 Å². The topological polar surface area (TPSA) is 92.2 Å². The molecule has 1 amide bonds. The van der Waals surface area contributed by atoms with Crippen molar-refractivity contribution in [2.75, 3.05) is 5.32 Å². The van der Waals surface area contributed by atoms with Crippen LogP contribution < -0.4 is 5.32 Å². The predicted octanol–water partition coefficient (Wildman–Crippen LogP) is 2.68. The number of hydrogen-bond acceptors (Lipinski definition) is 5. The number of nitrogens with one attached hydrogen (secondary N) is 1. The number of nitrogens with zero attached hydrogens (tertiary/aromatic N) is 2. The van der Waals surface area contributed by atoms with E-state index in [1.54, 1.807) is 11.3 Å². The highest BCUT2D eigenvalue weighted by Gasteiger charge is 2.20. The van der Waals surface area contributed by atoms with Crippen molar-refractivity contribution in [2.24, 2.45) is 0 Å². The van der Waals surface area contributed by atoms with Crippen LogP contribution in [0.5, 0.6) is 0 Å². The van der Waals surface area contributed by atoms with Gasteiger partial charge in [-0.15, -0.1) is 11.3 Å². The Morgan fingerprint density at radius 3 is 2.50 bits per heavy atom. The van der Waals surface area contributed by atoms with E-state index < -0.39 is 5.97 Å². The van der Waals surface area contributed by atoms with Gasteiger partial charge in [0.1, 0.15) is 5.69 Å². The normalized spacial score (nSPS) is 13.5. The number of carboxylic acid groups (broad SMARTS) is 1. The zero-order valence-corrected chi connectivity index (χ0v) is 12.9. The van der Waals surface area contributed by atoms with Crippen molar-refractivity contribution in [3.63, 3.8) is 0 Å². The highest BCUT2D eigenvalue weighted by molar-refractivity contribution is 7.16. The second-order valence-electron chi connectivity index (χ2n) is 5.21. The highest BCUT2D eigenvalue weighted by Crippen LogP contribution is 2.37. The van der Waals surface area contributed by atoms with E-state index in [1.807, 2.05) is 6.92 Å². The molecule has 22 heavy (non-hydrogen) atoms. The van der Waals surface area contributed by atoms with Crippen molar-refractivity contribution < 1.29 is 14.7 Å². The third-order valence-electron chi connectivity index (χ3n) is 3.77. The fraction of sp³-hybridized carbons (Fsp3) is 0.333. The van der Waals surface area contributed by atoms with Crippen LogP contribution in [-0.2, 0) is 12.8 Å². The van der Waals surface area contributed by atoms with Gasteiger partial charge in [0.15, 0.2) is 5.69 Å². The molecule has 6 nitrogen and oxygen atoms in total. The van der Waals surface area contributed by atoms with Crippen molar-refractivity contribution in [1.29, 1.82) is 0 Å². The number of carboxylic acids is 1. The van der Waals surface area contributed by atoms with Gasteiger partial charge in [0.05, 0.1) is 17.4 Å². The lowest BCUT2D eigenvalue weighted by Crippen LogP contribution is -2.15. The zero-order valence-electron chi connectivity index (χ0n) is 12.0. The molecule has 0 saturated carbocycles. The number of carbonyl (C=O) groups excluding carboxylic acids is 1. The monoisotopic (exact) mass is 317 g/mol. The summed E-state index contributed by atoms with van der Waals surface area (Å²) in [5, 5.41) is 12.5. The Balaban J connectivity index is 1.79. The van der Waals surface area contributed by atoms with Crippen molar-refractivity contribution >= 4 is 28.2 Å². The molecule has 3 rings (SSSR count). The molecule has 0 fully saturated rings. The number of anilines is 1. The van der Waals surface area contributed by atoms with E-state index in [0.29, 0.717) is 0 Å². The predicted molar refractivity (Wildman–Crippen MR) is 82.6 cm³/mol. The van der Waals surface area contributed by atoms with E-state index in [9.17, 15) is 9.59 Å². The second kappa shape index (κ2) is 5.84. The van der Waals surface area contributed by atoms with Crippen LogP contribution in [0.25, 0.3) is 0 Å². The highest BCUT2D eigenvalue weighted by atomic mass is 32.1. The second-order valence-corrected chi connectivity index (χ2v) is 6.32. The van der Waals surface area contributed by atoms with Crippen molar-refractivity contribution in [3.05, 3.63) is 39.8 Å². The molecule has 0 radical (unpaired) electrons. The molecule has 0 unspecified atom stereocenters. The lowest BCUT2D eigenvalue weighted by atomic mass is 9.96. The number of aryl methyl sites for hydroxylation is 1. The number of amides is 1. The summed E-state index contributed by atoms with van der Waals surface area (Å²) in [5.41, 5.74) is 2.41. The molecule has 114 valence electrons. The van der Waals surface area contributed by atoms with Crippen LogP contribution in [0.1, 0.15) is 49.8 Å². The van der Waals surface area contributed by atoms with Crippen LogP contribution in [-0.4, -0.2) is 27.0 Å². The van der Waals surface area contributed by atoms with Gasteiger partial charge in [0.25, 0.3) is 5.91 Å². The van der Waals surface area contributed by atoms with Crippen molar-refractivity contribution in [2.45, 2.75) is 32.6 Å². The maximum absolute atomic E-state index is 12.2. The Labute approximate surface area is 131 Å². The average molecular weight is 317 g/mol. The molecule has 2 N–H and O–H groups in total. The largest absolute Gasteiger partial charge is 0.476 e. The van der Waals surface area contributed by atoms with E-state index in [1.165, 1.54) is 29.5 Å². The number of hydrogen-bond donors (Lipinski definition) is 2. The Morgan fingerprint density at radius 2 is 1.86 bits per heavy atom. The third-order valence-corrected chi connectivity index (χ3v) is 5.08. The summed E-state index contributed by atoms with van der Waals surface area (Å²) >= 11 is 1.62. The Kier molecular flexibility index (Phi) is 3.89. The lowest BCUT2D eigenvalue weighted by molar-refractivity contribution is 0.0689. The number of fused-ring (bicyclic) bond motifs is 1. The summed E-state index contributed by atoms with van der Waals surface area (Å²) in [6.45, 7) is 2.02. The van der Waals surface area contributed by atoms with E-state index in [4.69, 9.17) is 5.11 Å². The van der Waals surface area contributed by atoms with Crippen LogP contribution in [0.3, 0.4) is 0 Å². The summed E-state index contributed by atoms with van der Waals surface area (Å²) in [6.07, 6.45) is 6.80. The van der Waals surface area contributed by atoms with Gasteiger partial charge in [-0.2, -0.15) is 0 Å². The first-order valence-corrected chi connectivity index (χ1v) is 7.85. The minimum absolute atomic E-state index is 0.107. The van der Waals surface area contributed by atoms with E-state index in [0.717, 1.165) is 29.6 Å². The van der Waals surface area contributed by atoms with E-state index in [-0.39, 0.29) is 17.3 Å². The standard InChI is InChI=1S/C15H15N3O3S/c1-8-9-4-2-3-5-12(9)22-14(8)18-13(19)10-6-17-11(7-16-10)15(20)21/h6-7H,2-5H2,1H3,(H,18,19)(H,20,21). The minimum Gasteiger partial charge on any atom is -0.476 e. The number of aromatic nitrogens is 2. The van der Waals surface area contributed by atoms with Crippen LogP contribution in [0.2, 0.25) is 0 Å². The van der Waals surface area contributed by atoms with Gasteiger partial charge in [-0.05, 0) is 43.7 Å². The average Bonchev–Trinajstić information content (AvgIpc) is 2.84. The molecule has 1 aliphatic carbocycles. The van der Waals surface area contributed by atoms with Gasteiger partial charge < -0.3 is 10.4 Å². The van der Waals surface area contributed by atoms with Gasteiger partial charge in [-0.25, -0.2) is 14.8 Å². The van der Waals surface area contributed by atoms with Gasteiger partial charge >= 0.3 is 5.97 Å². The molecule has 0 atom stereocenters. The molecule has 0 spiro atoms. The SMILES string of the molecule is Cc1c(NC(=O)c2cnc(C(=O)O)cn2)sc2c1CCCC2. The summed E-state index contributed by atoms with van der Waals surface area (Å²) in [4.78, 5) is 31.9. The molecule has 0 aromatic carbocycles. The quantitative estimate of drug-likeness (QED) is 0.908. The van der Waals surface area contributed by atoms with E-state index >= 15 is 0 Å². The van der Waals surface area contributed by atoms with Crippen LogP contribution >= 0.6 is 11.3 Å². The molecule has 2 aromatic heterocycles. The molecule has 2 heterocycles. The lowest BCUT2D eigenvalue weighted by Gasteiger charge is -2.10. The van der Waals surface area contributed by atoms with Crippen molar-refractivity contribution in [1.82, 2.24) is 9.97 Å². The molecule has 0 bridgehead atoms. The molecular weight excluding hydrogens is 302 g/mol. The Morgan fingerprint density at radius 1 is 1.18 bits per heavy atom. The Bertz CT molecular complexity index is 737. The van der Waals surface area contributed by atoms with E-state index in [2.05, 4.69) is 15.3 Å². The molecule has 1 aliphatic rings. The van der Waals surface area contributed by atoms with Gasteiger partial charge in [0.2, 0.25) is 0 Å². The maximum Gasteiger partial charge on any atom is 0.356 e. The summed E-state index contributed by atoms with van der Waals surface area (Å²) in [5.74, 6) is -1.53. The molecule has 2 aromatic rings. The Hall–Kier alpha value is -2.28. The number of thiophene rings is 1. The number of rotatable bonds is 3. The molecular formula is C15H15N3O3S. The van der Waals surface area contributed by atoms with Crippen molar-refractivity contribution in [3.8, 4) is 0 Å². The first-order chi connectivity index (χ1) is 10.6. The third kappa shape index (κ3) is 2.71. The fourth-order valence-corrected chi connectivity index (χ4v) is 3.86. The fourth-order valence-electron chi connectivity index (χ4n) is 2.57.